The third-order valence-corrected chi connectivity index (χ3v) is 5.85. The van der Waals surface area contributed by atoms with Gasteiger partial charge in [0, 0.05) is 56.6 Å². The third kappa shape index (κ3) is 5.13. The van der Waals surface area contributed by atoms with Crippen LogP contribution in [0.2, 0.25) is 0 Å². The normalized spacial score (nSPS) is 18.5. The highest BCUT2D eigenvalue weighted by Crippen LogP contribution is 2.25. The van der Waals surface area contributed by atoms with E-state index in [2.05, 4.69) is 10.6 Å². The van der Waals surface area contributed by atoms with Crippen molar-refractivity contribution in [1.82, 2.24) is 10.6 Å². The lowest BCUT2D eigenvalue weighted by atomic mass is 10.1. The van der Waals surface area contributed by atoms with E-state index in [1.54, 1.807) is 11.0 Å². The summed E-state index contributed by atoms with van der Waals surface area (Å²) in [5.74, 6) is -1.33. The van der Waals surface area contributed by atoms with Crippen molar-refractivity contribution < 1.29 is 18.4 Å². The Morgan fingerprint density at radius 1 is 1.03 bits per heavy atom. The number of benzene rings is 2. The van der Waals surface area contributed by atoms with Crippen molar-refractivity contribution in [1.29, 1.82) is 0 Å². The van der Waals surface area contributed by atoms with Gasteiger partial charge in [-0.3, -0.25) is 4.79 Å². The van der Waals surface area contributed by atoms with Crippen LogP contribution in [0.5, 0.6) is 0 Å². The van der Waals surface area contributed by atoms with Gasteiger partial charge in [-0.25, -0.2) is 13.6 Å². The first-order valence-corrected chi connectivity index (χ1v) is 10.6. The SMILES string of the molecule is O=C(NCc1cccc(N2CCCC2=O)c1)NCC1CCN(c2ccc(F)c(F)c2)C1. The molecule has 0 radical (unpaired) electrons. The van der Waals surface area contributed by atoms with Crippen molar-refractivity contribution in [3.8, 4) is 0 Å². The van der Waals surface area contributed by atoms with Crippen molar-refractivity contribution in [3.63, 3.8) is 0 Å². The molecule has 164 valence electrons. The standard InChI is InChI=1S/C23H26F2N4O2/c24-20-7-6-18(12-21(20)25)28-10-8-17(15-28)14-27-23(31)26-13-16-3-1-4-19(11-16)29-9-2-5-22(29)30/h1,3-4,6-7,11-12,17H,2,5,8-10,13-15H2,(H2,26,27,31). The van der Waals surface area contributed by atoms with Gasteiger partial charge < -0.3 is 20.4 Å². The lowest BCUT2D eigenvalue weighted by Crippen LogP contribution is -2.38. The molecule has 8 heteroatoms. The van der Waals surface area contributed by atoms with Gasteiger partial charge in [-0.05, 0) is 48.6 Å². The van der Waals surface area contributed by atoms with E-state index in [1.807, 2.05) is 29.2 Å². The highest BCUT2D eigenvalue weighted by Gasteiger charge is 2.24. The summed E-state index contributed by atoms with van der Waals surface area (Å²) in [6.07, 6.45) is 2.32. The van der Waals surface area contributed by atoms with E-state index in [0.717, 1.165) is 43.2 Å². The summed E-state index contributed by atoms with van der Waals surface area (Å²) < 4.78 is 26.6. The number of hydrogen-bond acceptors (Lipinski definition) is 3. The number of hydrogen-bond donors (Lipinski definition) is 2. The molecule has 1 atom stereocenters. The van der Waals surface area contributed by atoms with Crippen LogP contribution in [0.15, 0.2) is 42.5 Å². The van der Waals surface area contributed by atoms with Gasteiger partial charge in [0.15, 0.2) is 11.6 Å². The summed E-state index contributed by atoms with van der Waals surface area (Å²) in [5, 5.41) is 5.74. The van der Waals surface area contributed by atoms with Crippen LogP contribution < -0.4 is 20.4 Å². The van der Waals surface area contributed by atoms with Crippen molar-refractivity contribution in [2.24, 2.45) is 5.92 Å². The Bertz CT molecular complexity index is 968. The van der Waals surface area contributed by atoms with Gasteiger partial charge in [0.2, 0.25) is 5.91 Å². The summed E-state index contributed by atoms with van der Waals surface area (Å²) in [6, 6.07) is 11.3. The molecule has 2 heterocycles. The first-order chi connectivity index (χ1) is 15.0. The molecule has 0 spiro atoms. The summed E-state index contributed by atoms with van der Waals surface area (Å²) in [7, 11) is 0. The van der Waals surface area contributed by atoms with Gasteiger partial charge in [-0.1, -0.05) is 12.1 Å². The molecule has 3 amide bonds. The maximum Gasteiger partial charge on any atom is 0.315 e. The second-order valence-electron chi connectivity index (χ2n) is 8.08. The summed E-state index contributed by atoms with van der Waals surface area (Å²) in [6.45, 7) is 3.03. The van der Waals surface area contributed by atoms with Gasteiger partial charge in [-0.15, -0.1) is 0 Å². The number of halogens is 2. The minimum Gasteiger partial charge on any atom is -0.371 e. The monoisotopic (exact) mass is 428 g/mol. The van der Waals surface area contributed by atoms with Gasteiger partial charge in [0.05, 0.1) is 0 Å². The van der Waals surface area contributed by atoms with Gasteiger partial charge in [0.1, 0.15) is 0 Å². The van der Waals surface area contributed by atoms with E-state index in [9.17, 15) is 18.4 Å². The number of urea groups is 1. The Balaban J connectivity index is 1.22. The number of anilines is 2. The van der Waals surface area contributed by atoms with Crippen molar-refractivity contribution in [3.05, 3.63) is 59.7 Å². The average Bonchev–Trinajstić information content (AvgIpc) is 3.42. The van der Waals surface area contributed by atoms with Crippen molar-refractivity contribution in [2.45, 2.75) is 25.8 Å². The van der Waals surface area contributed by atoms with Crippen LogP contribution in [0.3, 0.4) is 0 Å². The van der Waals surface area contributed by atoms with Gasteiger partial charge in [0.25, 0.3) is 0 Å². The fraction of sp³-hybridized carbons (Fsp3) is 0.391. The quantitative estimate of drug-likeness (QED) is 0.741. The molecule has 0 aromatic heterocycles. The molecule has 31 heavy (non-hydrogen) atoms. The average molecular weight is 428 g/mol. The van der Waals surface area contributed by atoms with E-state index in [-0.39, 0.29) is 17.9 Å². The Morgan fingerprint density at radius 2 is 1.90 bits per heavy atom. The van der Waals surface area contributed by atoms with Crippen LogP contribution in [0.4, 0.5) is 25.0 Å². The fourth-order valence-corrected chi connectivity index (χ4v) is 4.15. The lowest BCUT2D eigenvalue weighted by molar-refractivity contribution is -0.117. The molecule has 2 saturated heterocycles. The highest BCUT2D eigenvalue weighted by molar-refractivity contribution is 5.95. The molecule has 4 rings (SSSR count). The van der Waals surface area contributed by atoms with Gasteiger partial charge in [-0.2, -0.15) is 0 Å². The molecule has 0 aliphatic carbocycles. The minimum absolute atomic E-state index is 0.136. The predicted octanol–water partition coefficient (Wildman–Crippen LogP) is 3.42. The summed E-state index contributed by atoms with van der Waals surface area (Å²) >= 11 is 0. The van der Waals surface area contributed by atoms with Crippen LogP contribution in [0, 0.1) is 17.6 Å². The Morgan fingerprint density at radius 3 is 2.68 bits per heavy atom. The van der Waals surface area contributed by atoms with Crippen molar-refractivity contribution >= 4 is 23.3 Å². The summed E-state index contributed by atoms with van der Waals surface area (Å²) in [5.41, 5.74) is 2.45. The van der Waals surface area contributed by atoms with Crippen LogP contribution in [0.1, 0.15) is 24.8 Å². The largest absolute Gasteiger partial charge is 0.371 e. The molecule has 2 N–H and O–H groups in total. The highest BCUT2D eigenvalue weighted by atomic mass is 19.2. The first-order valence-electron chi connectivity index (χ1n) is 10.6. The predicted molar refractivity (Wildman–Crippen MR) is 115 cm³/mol. The van der Waals surface area contributed by atoms with Crippen LogP contribution >= 0.6 is 0 Å². The first kappa shape index (κ1) is 21.1. The molecule has 2 aliphatic rings. The number of amides is 3. The molecule has 0 bridgehead atoms. The van der Waals surface area contributed by atoms with Crippen LogP contribution in [-0.2, 0) is 11.3 Å². The van der Waals surface area contributed by atoms with Crippen LogP contribution in [-0.4, -0.2) is 38.1 Å². The zero-order valence-electron chi connectivity index (χ0n) is 17.2. The van der Waals surface area contributed by atoms with Gasteiger partial charge >= 0.3 is 6.03 Å². The maximum absolute atomic E-state index is 13.5. The Kier molecular flexibility index (Phi) is 6.34. The topological polar surface area (TPSA) is 64.7 Å². The minimum atomic E-state index is -0.851. The smallest absolute Gasteiger partial charge is 0.315 e. The maximum atomic E-state index is 13.5. The molecule has 2 aromatic rings. The van der Waals surface area contributed by atoms with E-state index in [0.29, 0.717) is 31.7 Å². The zero-order valence-corrected chi connectivity index (χ0v) is 17.2. The molecule has 0 saturated carbocycles. The second kappa shape index (κ2) is 9.32. The number of carbonyl (C=O) groups excluding carboxylic acids is 2. The third-order valence-electron chi connectivity index (χ3n) is 5.85. The molecular formula is C23H26F2N4O2. The molecular weight excluding hydrogens is 402 g/mol. The lowest BCUT2D eigenvalue weighted by Gasteiger charge is -2.19. The molecule has 2 aromatic carbocycles. The van der Waals surface area contributed by atoms with Crippen molar-refractivity contribution in [2.75, 3.05) is 36.0 Å². The number of rotatable bonds is 6. The van der Waals surface area contributed by atoms with E-state index >= 15 is 0 Å². The second-order valence-corrected chi connectivity index (χ2v) is 8.08. The molecule has 2 aliphatic heterocycles. The van der Waals surface area contributed by atoms with E-state index in [1.165, 1.54) is 6.07 Å². The van der Waals surface area contributed by atoms with E-state index in [4.69, 9.17) is 0 Å². The van der Waals surface area contributed by atoms with E-state index < -0.39 is 11.6 Å². The number of nitrogens with one attached hydrogen (secondary N) is 2. The fourth-order valence-electron chi connectivity index (χ4n) is 4.15. The van der Waals surface area contributed by atoms with Crippen LogP contribution in [0.25, 0.3) is 0 Å². The molecule has 1 unspecified atom stereocenters. The Labute approximate surface area is 180 Å². The molecule has 2 fully saturated rings. The number of carbonyl (C=O) groups is 2. The number of nitrogens with zero attached hydrogens (tertiary/aromatic N) is 2. The molecule has 6 nitrogen and oxygen atoms in total. The zero-order chi connectivity index (χ0) is 21.8. The summed E-state index contributed by atoms with van der Waals surface area (Å²) in [4.78, 5) is 27.9. The Hall–Kier alpha value is -3.16.